The highest BCUT2D eigenvalue weighted by molar-refractivity contribution is 7.99. The molecule has 1 nitrogen and oxygen atoms in total. The van der Waals surface area contributed by atoms with Gasteiger partial charge in [-0.25, -0.2) is 4.98 Å². The van der Waals surface area contributed by atoms with Gasteiger partial charge in [-0.3, -0.25) is 0 Å². The lowest BCUT2D eigenvalue weighted by Gasteiger charge is -2.18. The number of thioether (sulfide) groups is 1. The molecule has 0 unspecified atom stereocenters. The molecule has 1 aromatic heterocycles. The molecule has 0 radical (unpaired) electrons. The Balaban J connectivity index is 2.07. The van der Waals surface area contributed by atoms with Crippen molar-refractivity contribution in [2.45, 2.75) is 38.5 Å². The standard InChI is InChI=1S/C11H17NS2/c1-8(2)10-7-14-11(12-10)9-3-5-13-6-4-9/h7-9H,3-6H2,1-2H3. The summed E-state index contributed by atoms with van der Waals surface area (Å²) in [7, 11) is 0. The van der Waals surface area contributed by atoms with E-state index in [4.69, 9.17) is 4.98 Å². The Hall–Kier alpha value is -0.0200. The summed E-state index contributed by atoms with van der Waals surface area (Å²) in [6, 6.07) is 0. The first kappa shape index (κ1) is 10.5. The highest BCUT2D eigenvalue weighted by atomic mass is 32.2. The van der Waals surface area contributed by atoms with Crippen LogP contribution in [0.3, 0.4) is 0 Å². The van der Waals surface area contributed by atoms with Gasteiger partial charge in [-0.2, -0.15) is 11.8 Å². The Labute approximate surface area is 94.3 Å². The van der Waals surface area contributed by atoms with Crippen molar-refractivity contribution in [3.8, 4) is 0 Å². The lowest BCUT2D eigenvalue weighted by molar-refractivity contribution is 0.628. The maximum absolute atomic E-state index is 4.74. The van der Waals surface area contributed by atoms with Gasteiger partial charge >= 0.3 is 0 Å². The Morgan fingerprint density at radius 2 is 2.07 bits per heavy atom. The molecule has 2 heterocycles. The molecule has 0 atom stereocenters. The second-order valence-corrected chi connectivity index (χ2v) is 6.27. The van der Waals surface area contributed by atoms with E-state index in [1.54, 1.807) is 0 Å². The Morgan fingerprint density at radius 1 is 1.36 bits per heavy atom. The Bertz CT molecular complexity index is 287. The fraction of sp³-hybridized carbons (Fsp3) is 0.727. The van der Waals surface area contributed by atoms with Gasteiger partial charge < -0.3 is 0 Å². The predicted molar refractivity (Wildman–Crippen MR) is 65.5 cm³/mol. The molecule has 1 fully saturated rings. The van der Waals surface area contributed by atoms with Gasteiger partial charge in [0.25, 0.3) is 0 Å². The topological polar surface area (TPSA) is 12.9 Å². The van der Waals surface area contributed by atoms with Crippen molar-refractivity contribution in [2.75, 3.05) is 11.5 Å². The molecule has 14 heavy (non-hydrogen) atoms. The molecular formula is C11H17NS2. The third-order valence-corrected chi connectivity index (χ3v) is 4.78. The fourth-order valence-corrected chi connectivity index (χ4v) is 3.96. The van der Waals surface area contributed by atoms with Crippen LogP contribution in [0.4, 0.5) is 0 Å². The van der Waals surface area contributed by atoms with Gasteiger partial charge in [0.15, 0.2) is 0 Å². The lowest BCUT2D eigenvalue weighted by atomic mass is 10.0. The number of nitrogens with zero attached hydrogens (tertiary/aromatic N) is 1. The van der Waals surface area contributed by atoms with E-state index in [0.29, 0.717) is 5.92 Å². The van der Waals surface area contributed by atoms with Crippen LogP contribution >= 0.6 is 23.1 Å². The van der Waals surface area contributed by atoms with E-state index in [9.17, 15) is 0 Å². The molecule has 0 aliphatic carbocycles. The molecule has 1 aliphatic heterocycles. The number of rotatable bonds is 2. The largest absolute Gasteiger partial charge is 0.246 e. The Morgan fingerprint density at radius 3 is 2.64 bits per heavy atom. The zero-order valence-electron chi connectivity index (χ0n) is 8.82. The van der Waals surface area contributed by atoms with Gasteiger partial charge in [0.05, 0.1) is 10.7 Å². The average Bonchev–Trinajstić information content (AvgIpc) is 2.68. The van der Waals surface area contributed by atoms with Crippen LogP contribution in [-0.2, 0) is 0 Å². The molecule has 0 amide bonds. The van der Waals surface area contributed by atoms with Gasteiger partial charge in [0.1, 0.15) is 0 Å². The fourth-order valence-electron chi connectivity index (χ4n) is 1.70. The molecule has 1 aromatic rings. The lowest BCUT2D eigenvalue weighted by Crippen LogP contribution is -2.07. The van der Waals surface area contributed by atoms with Crippen molar-refractivity contribution in [1.29, 1.82) is 0 Å². The second-order valence-electron chi connectivity index (χ2n) is 4.15. The molecule has 78 valence electrons. The quantitative estimate of drug-likeness (QED) is 0.760. The van der Waals surface area contributed by atoms with Crippen molar-refractivity contribution >= 4 is 23.1 Å². The first-order chi connectivity index (χ1) is 6.77. The number of hydrogen-bond donors (Lipinski definition) is 0. The maximum Gasteiger partial charge on any atom is 0.0959 e. The Kier molecular flexibility index (Phi) is 3.50. The minimum absolute atomic E-state index is 0.581. The van der Waals surface area contributed by atoms with Crippen LogP contribution in [0.15, 0.2) is 5.38 Å². The molecule has 2 rings (SSSR count). The minimum atomic E-state index is 0.581. The monoisotopic (exact) mass is 227 g/mol. The van der Waals surface area contributed by atoms with Crippen LogP contribution in [0.25, 0.3) is 0 Å². The molecule has 1 aliphatic rings. The normalized spacial score (nSPS) is 19.1. The zero-order valence-corrected chi connectivity index (χ0v) is 10.5. The highest BCUT2D eigenvalue weighted by Crippen LogP contribution is 2.34. The van der Waals surface area contributed by atoms with Crippen molar-refractivity contribution in [3.63, 3.8) is 0 Å². The SMILES string of the molecule is CC(C)c1csc(C2CCSCC2)n1. The van der Waals surface area contributed by atoms with Crippen molar-refractivity contribution in [1.82, 2.24) is 4.98 Å². The minimum Gasteiger partial charge on any atom is -0.246 e. The van der Waals surface area contributed by atoms with E-state index in [-0.39, 0.29) is 0 Å². The zero-order chi connectivity index (χ0) is 9.97. The van der Waals surface area contributed by atoms with Crippen molar-refractivity contribution in [2.24, 2.45) is 0 Å². The molecule has 0 saturated carbocycles. The molecule has 3 heteroatoms. The average molecular weight is 227 g/mol. The van der Waals surface area contributed by atoms with Crippen LogP contribution in [-0.4, -0.2) is 16.5 Å². The van der Waals surface area contributed by atoms with Crippen LogP contribution in [0.1, 0.15) is 49.2 Å². The van der Waals surface area contributed by atoms with E-state index in [2.05, 4.69) is 31.0 Å². The second kappa shape index (κ2) is 4.67. The number of aromatic nitrogens is 1. The van der Waals surface area contributed by atoms with Gasteiger partial charge in [-0.1, -0.05) is 13.8 Å². The van der Waals surface area contributed by atoms with E-state index < -0.39 is 0 Å². The summed E-state index contributed by atoms with van der Waals surface area (Å²) in [6.07, 6.45) is 2.66. The summed E-state index contributed by atoms with van der Waals surface area (Å²) in [5.41, 5.74) is 1.28. The summed E-state index contributed by atoms with van der Waals surface area (Å²) in [4.78, 5) is 4.74. The van der Waals surface area contributed by atoms with Crippen LogP contribution in [0, 0.1) is 0 Å². The predicted octanol–water partition coefficient (Wildman–Crippen LogP) is 3.88. The molecule has 1 saturated heterocycles. The van der Waals surface area contributed by atoms with Gasteiger partial charge in [0.2, 0.25) is 0 Å². The highest BCUT2D eigenvalue weighted by Gasteiger charge is 2.19. The van der Waals surface area contributed by atoms with Crippen LogP contribution in [0.5, 0.6) is 0 Å². The van der Waals surface area contributed by atoms with E-state index in [1.165, 1.54) is 35.0 Å². The first-order valence-electron chi connectivity index (χ1n) is 5.30. The summed E-state index contributed by atoms with van der Waals surface area (Å²) < 4.78 is 0. The summed E-state index contributed by atoms with van der Waals surface area (Å²) in [5.74, 6) is 3.98. The summed E-state index contributed by atoms with van der Waals surface area (Å²) in [5, 5.41) is 3.62. The van der Waals surface area contributed by atoms with Gasteiger partial charge in [-0.05, 0) is 30.3 Å². The molecule has 0 spiro atoms. The molecule has 0 bridgehead atoms. The number of thiazole rings is 1. The third-order valence-electron chi connectivity index (χ3n) is 2.70. The van der Waals surface area contributed by atoms with E-state index >= 15 is 0 Å². The maximum atomic E-state index is 4.74. The number of hydrogen-bond acceptors (Lipinski definition) is 3. The summed E-state index contributed by atoms with van der Waals surface area (Å²) in [6.45, 7) is 4.44. The van der Waals surface area contributed by atoms with E-state index in [1.807, 2.05) is 11.3 Å². The van der Waals surface area contributed by atoms with Gasteiger partial charge in [-0.15, -0.1) is 11.3 Å². The first-order valence-corrected chi connectivity index (χ1v) is 7.34. The van der Waals surface area contributed by atoms with E-state index in [0.717, 1.165) is 5.92 Å². The summed E-state index contributed by atoms with van der Waals surface area (Å²) >= 11 is 3.95. The molecule has 0 aromatic carbocycles. The van der Waals surface area contributed by atoms with Crippen molar-refractivity contribution in [3.05, 3.63) is 16.1 Å². The van der Waals surface area contributed by atoms with Crippen LogP contribution in [0.2, 0.25) is 0 Å². The smallest absolute Gasteiger partial charge is 0.0959 e. The van der Waals surface area contributed by atoms with Crippen molar-refractivity contribution < 1.29 is 0 Å². The molecule has 0 N–H and O–H groups in total. The third kappa shape index (κ3) is 2.31. The van der Waals surface area contributed by atoms with Crippen LogP contribution < -0.4 is 0 Å². The molecular weight excluding hydrogens is 210 g/mol. The van der Waals surface area contributed by atoms with Gasteiger partial charge in [0, 0.05) is 11.3 Å².